The molecular formula is C12H17ClOS. The van der Waals surface area contributed by atoms with Crippen LogP contribution >= 0.6 is 23.4 Å². The van der Waals surface area contributed by atoms with E-state index in [9.17, 15) is 5.11 Å². The summed E-state index contributed by atoms with van der Waals surface area (Å²) >= 11 is 7.90. The summed E-state index contributed by atoms with van der Waals surface area (Å²) < 4.78 is 0. The largest absolute Gasteiger partial charge is 0.389 e. The van der Waals surface area contributed by atoms with Gasteiger partial charge in [0.1, 0.15) is 0 Å². The van der Waals surface area contributed by atoms with Crippen molar-refractivity contribution in [3.63, 3.8) is 0 Å². The molecule has 0 aliphatic rings. The third-order valence-electron chi connectivity index (χ3n) is 2.19. The van der Waals surface area contributed by atoms with Crippen LogP contribution in [0.1, 0.15) is 38.4 Å². The molecule has 0 amide bonds. The lowest BCUT2D eigenvalue weighted by Crippen LogP contribution is -1.91. The predicted octanol–water partition coefficient (Wildman–Crippen LogP) is 4.29. The van der Waals surface area contributed by atoms with Crippen molar-refractivity contribution in [3.8, 4) is 0 Å². The second kappa shape index (κ2) is 6.41. The van der Waals surface area contributed by atoms with Crippen LogP contribution in [0.3, 0.4) is 0 Å². The summed E-state index contributed by atoms with van der Waals surface area (Å²) in [5.74, 6) is 1.10. The van der Waals surface area contributed by atoms with Gasteiger partial charge < -0.3 is 5.11 Å². The van der Waals surface area contributed by atoms with Gasteiger partial charge in [-0.1, -0.05) is 31.0 Å². The minimum absolute atomic E-state index is 0.447. The first-order valence-electron chi connectivity index (χ1n) is 5.25. The highest BCUT2D eigenvalue weighted by atomic mass is 35.5. The lowest BCUT2D eigenvalue weighted by molar-refractivity contribution is 0.199. The van der Waals surface area contributed by atoms with Gasteiger partial charge in [0.25, 0.3) is 0 Å². The first-order valence-corrected chi connectivity index (χ1v) is 6.61. The Hall–Kier alpha value is -0.180. The van der Waals surface area contributed by atoms with Crippen molar-refractivity contribution >= 4 is 23.4 Å². The molecule has 0 saturated carbocycles. The standard InChI is InChI=1S/C12H17ClOS/c1-3-4-7-15-12-6-5-10(9(2)14)8-11(12)13/h5-6,8-9,14H,3-4,7H2,1-2H3/t9-/m0/s1. The topological polar surface area (TPSA) is 20.2 Å². The van der Waals surface area contributed by atoms with Crippen molar-refractivity contribution < 1.29 is 5.11 Å². The molecule has 0 aliphatic heterocycles. The highest BCUT2D eigenvalue weighted by Crippen LogP contribution is 2.30. The van der Waals surface area contributed by atoms with E-state index in [-0.39, 0.29) is 0 Å². The van der Waals surface area contributed by atoms with E-state index < -0.39 is 6.10 Å². The van der Waals surface area contributed by atoms with Gasteiger partial charge in [-0.2, -0.15) is 0 Å². The Kier molecular flexibility index (Phi) is 5.51. The molecule has 0 saturated heterocycles. The van der Waals surface area contributed by atoms with Crippen LogP contribution in [0.5, 0.6) is 0 Å². The lowest BCUT2D eigenvalue weighted by atomic mass is 10.1. The highest BCUT2D eigenvalue weighted by molar-refractivity contribution is 7.99. The zero-order chi connectivity index (χ0) is 11.3. The molecule has 1 aromatic rings. The van der Waals surface area contributed by atoms with Crippen LogP contribution in [0.25, 0.3) is 0 Å². The minimum atomic E-state index is -0.447. The average molecular weight is 245 g/mol. The van der Waals surface area contributed by atoms with Crippen LogP contribution in [0.4, 0.5) is 0 Å². The number of halogens is 1. The molecule has 84 valence electrons. The minimum Gasteiger partial charge on any atom is -0.389 e. The predicted molar refractivity (Wildman–Crippen MR) is 67.7 cm³/mol. The molecule has 0 bridgehead atoms. The smallest absolute Gasteiger partial charge is 0.0762 e. The first kappa shape index (κ1) is 12.9. The Bertz CT molecular complexity index is 312. The van der Waals surface area contributed by atoms with E-state index in [2.05, 4.69) is 6.92 Å². The SMILES string of the molecule is CCCCSc1ccc([C@H](C)O)cc1Cl. The molecule has 0 aromatic heterocycles. The van der Waals surface area contributed by atoms with Crippen molar-refractivity contribution in [1.82, 2.24) is 0 Å². The second-order valence-corrected chi connectivity index (χ2v) is 5.11. The molecule has 1 rings (SSSR count). The van der Waals surface area contributed by atoms with Gasteiger partial charge in [-0.25, -0.2) is 0 Å². The van der Waals surface area contributed by atoms with Gasteiger partial charge in [0.15, 0.2) is 0 Å². The molecule has 1 N–H and O–H groups in total. The zero-order valence-corrected chi connectivity index (χ0v) is 10.7. The van der Waals surface area contributed by atoms with Gasteiger partial charge in [-0.05, 0) is 36.8 Å². The maximum atomic E-state index is 9.39. The Balaban J connectivity index is 2.66. The monoisotopic (exact) mass is 244 g/mol. The summed E-state index contributed by atoms with van der Waals surface area (Å²) in [6.45, 7) is 3.92. The molecule has 0 heterocycles. The van der Waals surface area contributed by atoms with Crippen LogP contribution in [0, 0.1) is 0 Å². The maximum Gasteiger partial charge on any atom is 0.0762 e. The van der Waals surface area contributed by atoms with Crippen LogP contribution in [0.15, 0.2) is 23.1 Å². The van der Waals surface area contributed by atoms with E-state index in [1.54, 1.807) is 18.7 Å². The van der Waals surface area contributed by atoms with E-state index in [4.69, 9.17) is 11.6 Å². The summed E-state index contributed by atoms with van der Waals surface area (Å²) in [4.78, 5) is 1.11. The Morgan fingerprint density at radius 2 is 2.20 bits per heavy atom. The van der Waals surface area contributed by atoms with Crippen molar-refractivity contribution in [2.75, 3.05) is 5.75 Å². The van der Waals surface area contributed by atoms with Crippen molar-refractivity contribution in [1.29, 1.82) is 0 Å². The van der Waals surface area contributed by atoms with E-state index in [0.29, 0.717) is 0 Å². The molecule has 0 aliphatic carbocycles. The van der Waals surface area contributed by atoms with Gasteiger partial charge >= 0.3 is 0 Å². The molecule has 0 fully saturated rings. The maximum absolute atomic E-state index is 9.39. The van der Waals surface area contributed by atoms with Crippen LogP contribution in [-0.4, -0.2) is 10.9 Å². The number of aliphatic hydroxyl groups is 1. The van der Waals surface area contributed by atoms with Crippen LogP contribution in [-0.2, 0) is 0 Å². The molecular weight excluding hydrogens is 228 g/mol. The molecule has 3 heteroatoms. The molecule has 0 spiro atoms. The molecule has 1 atom stereocenters. The lowest BCUT2D eigenvalue weighted by Gasteiger charge is -2.08. The summed E-state index contributed by atoms with van der Waals surface area (Å²) in [7, 11) is 0. The third kappa shape index (κ3) is 4.06. The van der Waals surface area contributed by atoms with Crippen molar-refractivity contribution in [2.45, 2.75) is 37.7 Å². The highest BCUT2D eigenvalue weighted by Gasteiger charge is 2.05. The quantitative estimate of drug-likeness (QED) is 0.616. The third-order valence-corrected chi connectivity index (χ3v) is 3.78. The Morgan fingerprint density at radius 3 is 2.73 bits per heavy atom. The Labute approximate surface area is 101 Å². The summed E-state index contributed by atoms with van der Waals surface area (Å²) in [6, 6.07) is 5.77. The first-order chi connectivity index (χ1) is 7.15. The van der Waals surface area contributed by atoms with E-state index in [1.165, 1.54) is 12.8 Å². The second-order valence-electron chi connectivity index (χ2n) is 3.57. The number of thioether (sulfide) groups is 1. The number of hydrogen-bond acceptors (Lipinski definition) is 2. The number of benzene rings is 1. The molecule has 0 radical (unpaired) electrons. The summed E-state index contributed by atoms with van der Waals surface area (Å²) in [5.41, 5.74) is 0.875. The zero-order valence-electron chi connectivity index (χ0n) is 9.16. The van der Waals surface area contributed by atoms with Gasteiger partial charge in [0.05, 0.1) is 11.1 Å². The van der Waals surface area contributed by atoms with Crippen LogP contribution < -0.4 is 0 Å². The fourth-order valence-electron chi connectivity index (χ4n) is 1.22. The van der Waals surface area contributed by atoms with E-state index in [0.717, 1.165) is 21.2 Å². The fraction of sp³-hybridized carbons (Fsp3) is 0.500. The number of hydrogen-bond donors (Lipinski definition) is 1. The van der Waals surface area contributed by atoms with Crippen molar-refractivity contribution in [2.24, 2.45) is 0 Å². The van der Waals surface area contributed by atoms with Gasteiger partial charge in [-0.15, -0.1) is 11.8 Å². The van der Waals surface area contributed by atoms with Gasteiger partial charge in [0.2, 0.25) is 0 Å². The van der Waals surface area contributed by atoms with Gasteiger partial charge in [0, 0.05) is 4.90 Å². The Morgan fingerprint density at radius 1 is 1.47 bits per heavy atom. The molecule has 1 nitrogen and oxygen atoms in total. The molecule has 0 unspecified atom stereocenters. The van der Waals surface area contributed by atoms with Crippen molar-refractivity contribution in [3.05, 3.63) is 28.8 Å². The van der Waals surface area contributed by atoms with Gasteiger partial charge in [-0.3, -0.25) is 0 Å². The number of unbranched alkanes of at least 4 members (excludes halogenated alkanes) is 1. The summed E-state index contributed by atoms with van der Waals surface area (Å²) in [6.07, 6.45) is 1.97. The normalized spacial score (nSPS) is 12.8. The van der Waals surface area contributed by atoms with E-state index in [1.807, 2.05) is 18.2 Å². The van der Waals surface area contributed by atoms with Crippen LogP contribution in [0.2, 0.25) is 5.02 Å². The number of aliphatic hydroxyl groups excluding tert-OH is 1. The van der Waals surface area contributed by atoms with E-state index >= 15 is 0 Å². The fourth-order valence-corrected chi connectivity index (χ4v) is 2.59. The molecule has 1 aromatic carbocycles. The summed E-state index contributed by atoms with van der Waals surface area (Å²) in [5, 5.41) is 10.1. The molecule has 15 heavy (non-hydrogen) atoms. The number of rotatable bonds is 5. The average Bonchev–Trinajstić information content (AvgIpc) is 2.20.